The molecule has 0 unspecified atom stereocenters. The molecule has 2 aromatic heterocycles. The Morgan fingerprint density at radius 2 is 1.84 bits per heavy atom. The van der Waals surface area contributed by atoms with E-state index in [0.29, 0.717) is 17.3 Å². The highest BCUT2D eigenvalue weighted by Crippen LogP contribution is 2.19. The van der Waals surface area contributed by atoms with Crippen LogP contribution in [-0.4, -0.2) is 76.2 Å². The molecule has 1 aliphatic rings. The minimum atomic E-state index is -0.268. The van der Waals surface area contributed by atoms with Gasteiger partial charge < -0.3 is 19.9 Å². The number of amides is 2. The van der Waals surface area contributed by atoms with E-state index in [-0.39, 0.29) is 24.8 Å². The van der Waals surface area contributed by atoms with Crippen LogP contribution in [0.1, 0.15) is 17.2 Å². The molecule has 2 amide bonds. The molecule has 0 saturated carbocycles. The monoisotopic (exact) mass is 437 g/mol. The first kappa shape index (κ1) is 21.7. The molecule has 1 aromatic carbocycles. The lowest BCUT2D eigenvalue weighted by molar-refractivity contribution is -0.132. The zero-order chi connectivity index (χ0) is 22.7. The van der Waals surface area contributed by atoms with Gasteiger partial charge in [0.05, 0.1) is 26.2 Å². The number of aromatic nitrogens is 4. The first-order valence-electron chi connectivity index (χ1n) is 10.6. The molecule has 1 saturated heterocycles. The highest BCUT2D eigenvalue weighted by molar-refractivity contribution is 5.94. The maximum absolute atomic E-state index is 12.6. The normalized spacial score (nSPS) is 13.9. The van der Waals surface area contributed by atoms with Crippen LogP contribution in [0, 0.1) is 13.8 Å². The lowest BCUT2D eigenvalue weighted by Gasteiger charge is -2.28. The van der Waals surface area contributed by atoms with E-state index >= 15 is 0 Å². The molecule has 1 aliphatic heterocycles. The number of fused-ring (bicyclic) bond motifs is 1. The van der Waals surface area contributed by atoms with Crippen molar-refractivity contribution in [3.63, 3.8) is 0 Å². The average molecular weight is 438 g/mol. The van der Waals surface area contributed by atoms with E-state index < -0.39 is 0 Å². The predicted octanol–water partition coefficient (Wildman–Crippen LogP) is 1.22. The Labute approximate surface area is 186 Å². The Morgan fingerprint density at radius 3 is 2.56 bits per heavy atom. The summed E-state index contributed by atoms with van der Waals surface area (Å²) in [7, 11) is 1.59. The number of nitrogens with one attached hydrogen (secondary N) is 1. The maximum atomic E-state index is 12.6. The van der Waals surface area contributed by atoms with Crippen molar-refractivity contribution in [2.75, 3.05) is 50.1 Å². The molecular formula is C22H27N7O3. The van der Waals surface area contributed by atoms with Crippen LogP contribution >= 0.6 is 0 Å². The largest absolute Gasteiger partial charge is 0.378 e. The van der Waals surface area contributed by atoms with Gasteiger partial charge in [0.2, 0.25) is 11.8 Å². The lowest BCUT2D eigenvalue weighted by atomic mass is 10.2. The highest BCUT2D eigenvalue weighted by atomic mass is 16.5. The van der Waals surface area contributed by atoms with Gasteiger partial charge in [-0.25, -0.2) is 9.50 Å². The Balaban J connectivity index is 1.31. The summed E-state index contributed by atoms with van der Waals surface area (Å²) < 4.78 is 6.99. The van der Waals surface area contributed by atoms with Gasteiger partial charge in [-0.1, -0.05) is 0 Å². The summed E-state index contributed by atoms with van der Waals surface area (Å²) in [5.41, 5.74) is 3.52. The summed E-state index contributed by atoms with van der Waals surface area (Å²) in [6, 6.07) is 9.58. The SMILES string of the molecule is Cc1cc(C)n2nc(CC(=O)N(C)CC(=O)Nc3ccc(N4CCOCC4)cc3)nc2n1. The standard InChI is InChI=1S/C22H27N7O3/c1-15-12-16(2)29-22(23-15)25-19(26-29)13-21(31)27(3)14-20(30)24-17-4-6-18(7-5-17)28-8-10-32-11-9-28/h4-7,12H,8-11,13-14H2,1-3H3,(H,24,30). The second-order valence-corrected chi connectivity index (χ2v) is 7.90. The number of nitrogens with zero attached hydrogens (tertiary/aromatic N) is 6. The number of likely N-dealkylation sites (N-methyl/N-ethyl adjacent to an activating group) is 1. The van der Waals surface area contributed by atoms with Gasteiger partial charge in [0.25, 0.3) is 5.78 Å². The molecule has 0 bridgehead atoms. The number of carbonyl (C=O) groups excluding carboxylic acids is 2. The number of morpholine rings is 1. The Hall–Kier alpha value is -3.53. The van der Waals surface area contributed by atoms with Crippen LogP contribution in [0.25, 0.3) is 5.78 Å². The third-order valence-electron chi connectivity index (χ3n) is 5.31. The van der Waals surface area contributed by atoms with Crippen LogP contribution in [-0.2, 0) is 20.7 Å². The second kappa shape index (κ2) is 9.31. The first-order chi connectivity index (χ1) is 15.4. The smallest absolute Gasteiger partial charge is 0.252 e. The maximum Gasteiger partial charge on any atom is 0.252 e. The fraction of sp³-hybridized carbons (Fsp3) is 0.409. The number of anilines is 2. The minimum absolute atomic E-state index is 0.000125. The summed E-state index contributed by atoms with van der Waals surface area (Å²) in [6.45, 7) is 6.89. The van der Waals surface area contributed by atoms with E-state index in [4.69, 9.17) is 4.74 Å². The Kier molecular flexibility index (Phi) is 6.31. The van der Waals surface area contributed by atoms with E-state index in [0.717, 1.165) is 43.4 Å². The molecule has 0 atom stereocenters. The van der Waals surface area contributed by atoms with Crippen molar-refractivity contribution in [3.05, 3.63) is 47.5 Å². The summed E-state index contributed by atoms with van der Waals surface area (Å²) in [5, 5.41) is 7.19. The molecule has 10 heteroatoms. The average Bonchev–Trinajstić information content (AvgIpc) is 3.17. The van der Waals surface area contributed by atoms with Gasteiger partial charge in [-0.2, -0.15) is 4.98 Å². The zero-order valence-electron chi connectivity index (χ0n) is 18.5. The van der Waals surface area contributed by atoms with Crippen LogP contribution in [0.3, 0.4) is 0 Å². The summed E-state index contributed by atoms with van der Waals surface area (Å²) in [6.07, 6.45) is -0.000125. The fourth-order valence-corrected chi connectivity index (χ4v) is 3.63. The van der Waals surface area contributed by atoms with Crippen molar-refractivity contribution in [2.45, 2.75) is 20.3 Å². The van der Waals surface area contributed by atoms with Gasteiger partial charge in [0.15, 0.2) is 5.82 Å². The van der Waals surface area contributed by atoms with Crippen LogP contribution < -0.4 is 10.2 Å². The molecule has 10 nitrogen and oxygen atoms in total. The molecule has 0 spiro atoms. The summed E-state index contributed by atoms with van der Waals surface area (Å²) in [5.74, 6) is 0.331. The van der Waals surface area contributed by atoms with Crippen molar-refractivity contribution < 1.29 is 14.3 Å². The van der Waals surface area contributed by atoms with Crippen LogP contribution in [0.2, 0.25) is 0 Å². The number of benzene rings is 1. The minimum Gasteiger partial charge on any atom is -0.378 e. The van der Waals surface area contributed by atoms with E-state index in [2.05, 4.69) is 25.3 Å². The molecule has 1 fully saturated rings. The van der Waals surface area contributed by atoms with Crippen molar-refractivity contribution in [1.29, 1.82) is 0 Å². The molecule has 3 heterocycles. The number of aryl methyl sites for hydroxylation is 2. The van der Waals surface area contributed by atoms with Crippen LogP contribution in [0.4, 0.5) is 11.4 Å². The van der Waals surface area contributed by atoms with Gasteiger partial charge >= 0.3 is 0 Å². The Morgan fingerprint density at radius 1 is 1.12 bits per heavy atom. The van der Waals surface area contributed by atoms with Crippen LogP contribution in [0.15, 0.2) is 30.3 Å². The van der Waals surface area contributed by atoms with Crippen molar-refractivity contribution in [3.8, 4) is 0 Å². The zero-order valence-corrected chi connectivity index (χ0v) is 18.5. The molecule has 0 aliphatic carbocycles. The third-order valence-corrected chi connectivity index (χ3v) is 5.31. The molecule has 1 N–H and O–H groups in total. The van der Waals surface area contributed by atoms with Gasteiger partial charge in [-0.05, 0) is 44.2 Å². The molecule has 4 rings (SSSR count). The van der Waals surface area contributed by atoms with Gasteiger partial charge in [-0.3, -0.25) is 9.59 Å². The fourth-order valence-electron chi connectivity index (χ4n) is 3.63. The molecule has 0 radical (unpaired) electrons. The highest BCUT2D eigenvalue weighted by Gasteiger charge is 2.17. The molecular weight excluding hydrogens is 410 g/mol. The van der Waals surface area contributed by atoms with E-state index in [9.17, 15) is 9.59 Å². The van der Waals surface area contributed by atoms with Gasteiger partial charge in [-0.15, -0.1) is 5.10 Å². The van der Waals surface area contributed by atoms with Crippen molar-refractivity contribution in [2.24, 2.45) is 0 Å². The number of hydrogen-bond acceptors (Lipinski definition) is 7. The summed E-state index contributed by atoms with van der Waals surface area (Å²) in [4.78, 5) is 37.3. The summed E-state index contributed by atoms with van der Waals surface area (Å²) >= 11 is 0. The van der Waals surface area contributed by atoms with Crippen molar-refractivity contribution in [1.82, 2.24) is 24.5 Å². The predicted molar refractivity (Wildman–Crippen MR) is 120 cm³/mol. The van der Waals surface area contributed by atoms with E-state index in [1.165, 1.54) is 4.90 Å². The van der Waals surface area contributed by atoms with Crippen LogP contribution in [0.5, 0.6) is 0 Å². The number of ether oxygens (including phenoxy) is 1. The van der Waals surface area contributed by atoms with E-state index in [1.807, 2.05) is 44.2 Å². The molecule has 32 heavy (non-hydrogen) atoms. The van der Waals surface area contributed by atoms with E-state index in [1.54, 1.807) is 11.6 Å². The lowest BCUT2D eigenvalue weighted by Crippen LogP contribution is -2.36. The number of carbonyl (C=O) groups is 2. The number of rotatable bonds is 6. The molecule has 168 valence electrons. The first-order valence-corrected chi connectivity index (χ1v) is 10.6. The number of hydrogen-bond donors (Lipinski definition) is 1. The van der Waals surface area contributed by atoms with Gasteiger partial charge in [0, 0.05) is 42.9 Å². The second-order valence-electron chi connectivity index (χ2n) is 7.90. The molecule has 3 aromatic rings. The van der Waals surface area contributed by atoms with Crippen molar-refractivity contribution >= 4 is 29.0 Å². The quantitative estimate of drug-likeness (QED) is 0.618. The topological polar surface area (TPSA) is 105 Å². The third kappa shape index (κ3) is 5.02. The Bertz CT molecular complexity index is 1120. The van der Waals surface area contributed by atoms with Gasteiger partial charge in [0.1, 0.15) is 0 Å².